The van der Waals surface area contributed by atoms with Gasteiger partial charge in [-0.25, -0.2) is 5.43 Å². The Morgan fingerprint density at radius 3 is 2.85 bits per heavy atom. The molecule has 1 heterocycles. The summed E-state index contributed by atoms with van der Waals surface area (Å²) in [6.07, 6.45) is 1.39. The monoisotopic (exact) mass is 432 g/mol. The molecule has 2 N–H and O–H groups in total. The Hall–Kier alpha value is -2.57. The van der Waals surface area contributed by atoms with Crippen LogP contribution in [0.15, 0.2) is 62.5 Å². The molecule has 0 atom stereocenters. The summed E-state index contributed by atoms with van der Waals surface area (Å²) in [6.45, 7) is 1.96. The number of nitrogens with one attached hydrogen (secondary N) is 1. The number of amides is 1. The number of aryl methyl sites for hydroxylation is 1. The molecular weight excluding hydrogens is 420 g/mol. The van der Waals surface area contributed by atoms with E-state index in [1.807, 2.05) is 31.2 Å². The second kappa shape index (κ2) is 7.76. The topological polar surface area (TPSA) is 74.8 Å². The first-order chi connectivity index (χ1) is 12.4. The third-order valence-corrected chi connectivity index (χ3v) is 4.38. The smallest absolute Gasteiger partial charge is 0.275 e. The number of phenolic OH excluding ortho intramolecular Hbond substituents is 1. The molecule has 0 aliphatic heterocycles. The Morgan fingerprint density at radius 1 is 1.23 bits per heavy atom. The van der Waals surface area contributed by atoms with Crippen molar-refractivity contribution in [2.45, 2.75) is 6.92 Å². The van der Waals surface area contributed by atoms with Gasteiger partial charge in [0.15, 0.2) is 0 Å². The highest BCUT2D eigenvalue weighted by molar-refractivity contribution is 9.10. The molecule has 0 aliphatic carbocycles. The summed E-state index contributed by atoms with van der Waals surface area (Å²) in [6, 6.07) is 13.7. The fourth-order valence-corrected chi connectivity index (χ4v) is 2.86. The number of carbonyl (C=O) groups is 1. The molecule has 0 aliphatic rings. The average molecular weight is 434 g/mol. The number of aromatic hydroxyl groups is 1. The Labute approximate surface area is 163 Å². The Bertz CT molecular complexity index is 998. The Balaban J connectivity index is 1.72. The van der Waals surface area contributed by atoms with Crippen LogP contribution < -0.4 is 5.43 Å². The molecule has 0 fully saturated rings. The van der Waals surface area contributed by atoms with Crippen molar-refractivity contribution >= 4 is 39.7 Å². The predicted molar refractivity (Wildman–Crippen MR) is 105 cm³/mol. The first-order valence-electron chi connectivity index (χ1n) is 7.62. The van der Waals surface area contributed by atoms with E-state index in [0.29, 0.717) is 21.0 Å². The van der Waals surface area contributed by atoms with Gasteiger partial charge in [-0.1, -0.05) is 33.6 Å². The predicted octanol–water partition coefficient (Wildman–Crippen LogP) is 5.14. The lowest BCUT2D eigenvalue weighted by molar-refractivity contribution is 0.0952. The number of benzene rings is 2. The van der Waals surface area contributed by atoms with Crippen molar-refractivity contribution in [1.29, 1.82) is 0 Å². The van der Waals surface area contributed by atoms with Gasteiger partial charge in [0.2, 0.25) is 0 Å². The minimum Gasteiger partial charge on any atom is -0.507 e. The van der Waals surface area contributed by atoms with Crippen molar-refractivity contribution in [1.82, 2.24) is 5.43 Å². The van der Waals surface area contributed by atoms with Gasteiger partial charge in [0.05, 0.1) is 11.8 Å². The number of phenols is 1. The molecule has 0 spiro atoms. The number of halogens is 2. The van der Waals surface area contributed by atoms with Gasteiger partial charge in [0.1, 0.15) is 17.3 Å². The van der Waals surface area contributed by atoms with Crippen LogP contribution in [-0.4, -0.2) is 17.2 Å². The van der Waals surface area contributed by atoms with Crippen molar-refractivity contribution in [3.8, 4) is 17.1 Å². The van der Waals surface area contributed by atoms with Crippen LogP contribution in [0, 0.1) is 6.92 Å². The number of carbonyl (C=O) groups excluding carboxylic acids is 1. The molecule has 2 aromatic carbocycles. The van der Waals surface area contributed by atoms with E-state index >= 15 is 0 Å². The van der Waals surface area contributed by atoms with Gasteiger partial charge >= 0.3 is 0 Å². The van der Waals surface area contributed by atoms with E-state index in [-0.39, 0.29) is 11.3 Å². The van der Waals surface area contributed by atoms with Crippen LogP contribution in [0.5, 0.6) is 5.75 Å². The van der Waals surface area contributed by atoms with Crippen LogP contribution in [0.4, 0.5) is 0 Å². The molecule has 132 valence electrons. The Morgan fingerprint density at radius 2 is 2.04 bits per heavy atom. The zero-order chi connectivity index (χ0) is 18.7. The number of hydrazone groups is 1. The summed E-state index contributed by atoms with van der Waals surface area (Å²) in [4.78, 5) is 12.1. The molecule has 1 amide bonds. The number of hydrogen-bond acceptors (Lipinski definition) is 4. The molecule has 3 aromatic rings. The molecule has 0 unspecified atom stereocenters. The Kier molecular flexibility index (Phi) is 5.44. The largest absolute Gasteiger partial charge is 0.507 e. The summed E-state index contributed by atoms with van der Waals surface area (Å²) in [5.74, 6) is 0.468. The van der Waals surface area contributed by atoms with Crippen LogP contribution in [0.3, 0.4) is 0 Å². The fourth-order valence-electron chi connectivity index (χ4n) is 2.33. The third-order valence-electron chi connectivity index (χ3n) is 3.65. The first kappa shape index (κ1) is 18.2. The molecule has 0 saturated heterocycles. The van der Waals surface area contributed by atoms with E-state index in [4.69, 9.17) is 16.0 Å². The molecule has 3 rings (SSSR count). The lowest BCUT2D eigenvalue weighted by Gasteiger charge is -2.03. The van der Waals surface area contributed by atoms with Crippen LogP contribution in [0.1, 0.15) is 21.7 Å². The molecular formula is C19H14BrClN2O3. The molecule has 7 heteroatoms. The van der Waals surface area contributed by atoms with E-state index in [2.05, 4.69) is 26.5 Å². The lowest BCUT2D eigenvalue weighted by Crippen LogP contribution is -2.17. The van der Waals surface area contributed by atoms with Gasteiger partial charge in [-0.3, -0.25) is 4.79 Å². The minimum absolute atomic E-state index is 0.117. The molecule has 0 bridgehead atoms. The molecule has 1 aromatic heterocycles. The van der Waals surface area contributed by atoms with Gasteiger partial charge < -0.3 is 9.52 Å². The van der Waals surface area contributed by atoms with E-state index in [1.165, 1.54) is 18.3 Å². The van der Waals surface area contributed by atoms with Gasteiger partial charge in [-0.15, -0.1) is 0 Å². The maximum Gasteiger partial charge on any atom is 0.275 e. The van der Waals surface area contributed by atoms with Crippen molar-refractivity contribution in [3.05, 3.63) is 74.9 Å². The maximum absolute atomic E-state index is 12.1. The second-order valence-electron chi connectivity index (χ2n) is 5.52. The highest BCUT2D eigenvalue weighted by Crippen LogP contribution is 2.28. The summed E-state index contributed by atoms with van der Waals surface area (Å²) in [5.41, 5.74) is 4.39. The highest BCUT2D eigenvalue weighted by Gasteiger charge is 2.11. The van der Waals surface area contributed by atoms with E-state index < -0.39 is 5.91 Å². The molecule has 0 radical (unpaired) electrons. The van der Waals surface area contributed by atoms with Crippen molar-refractivity contribution in [2.75, 3.05) is 0 Å². The molecule has 0 saturated carbocycles. The van der Waals surface area contributed by atoms with Crippen LogP contribution in [0.2, 0.25) is 5.02 Å². The normalized spacial score (nSPS) is 11.0. The van der Waals surface area contributed by atoms with Gasteiger partial charge in [-0.05, 0) is 55.0 Å². The summed E-state index contributed by atoms with van der Waals surface area (Å²) in [5, 5.41) is 14.2. The number of nitrogens with zero attached hydrogens (tertiary/aromatic N) is 1. The highest BCUT2D eigenvalue weighted by atomic mass is 79.9. The zero-order valence-corrected chi connectivity index (χ0v) is 16.0. The average Bonchev–Trinajstić information content (AvgIpc) is 3.07. The minimum atomic E-state index is -0.530. The number of rotatable bonds is 4. The van der Waals surface area contributed by atoms with Gasteiger partial charge in [-0.2, -0.15) is 5.10 Å². The standard InChI is InChI=1S/C19H14BrClN2O3/c1-11-2-4-13(21)9-15(11)18-7-5-14(26-18)10-22-23-19(25)16-8-12(20)3-6-17(16)24/h2-10,24H,1H3,(H,23,25)/b22-10-. The maximum atomic E-state index is 12.1. The fraction of sp³-hybridized carbons (Fsp3) is 0.0526. The molecule has 5 nitrogen and oxygen atoms in total. The van der Waals surface area contributed by atoms with Crippen LogP contribution in [-0.2, 0) is 0 Å². The number of hydrogen-bond donors (Lipinski definition) is 2. The van der Waals surface area contributed by atoms with Gasteiger partial charge in [0.25, 0.3) is 5.91 Å². The van der Waals surface area contributed by atoms with Crippen LogP contribution >= 0.6 is 27.5 Å². The van der Waals surface area contributed by atoms with Gasteiger partial charge in [0, 0.05) is 15.1 Å². The lowest BCUT2D eigenvalue weighted by atomic mass is 10.1. The van der Waals surface area contributed by atoms with E-state index in [0.717, 1.165) is 11.1 Å². The third kappa shape index (κ3) is 4.15. The molecule has 26 heavy (non-hydrogen) atoms. The first-order valence-corrected chi connectivity index (χ1v) is 8.79. The van der Waals surface area contributed by atoms with E-state index in [9.17, 15) is 9.90 Å². The van der Waals surface area contributed by atoms with Crippen molar-refractivity contribution in [3.63, 3.8) is 0 Å². The van der Waals surface area contributed by atoms with Crippen molar-refractivity contribution < 1.29 is 14.3 Å². The quantitative estimate of drug-likeness (QED) is 0.442. The SMILES string of the molecule is Cc1ccc(Cl)cc1-c1ccc(/C=N\NC(=O)c2cc(Br)ccc2O)o1. The zero-order valence-electron chi connectivity index (χ0n) is 13.7. The summed E-state index contributed by atoms with van der Waals surface area (Å²) >= 11 is 9.29. The second-order valence-corrected chi connectivity index (χ2v) is 6.87. The van der Waals surface area contributed by atoms with Crippen LogP contribution in [0.25, 0.3) is 11.3 Å². The summed E-state index contributed by atoms with van der Waals surface area (Å²) in [7, 11) is 0. The number of furan rings is 1. The summed E-state index contributed by atoms with van der Waals surface area (Å²) < 4.78 is 6.40. The van der Waals surface area contributed by atoms with Crippen molar-refractivity contribution in [2.24, 2.45) is 5.10 Å². The van der Waals surface area contributed by atoms with E-state index in [1.54, 1.807) is 12.1 Å².